The van der Waals surface area contributed by atoms with Crippen LogP contribution in [0.15, 0.2) is 63.9 Å². The molecule has 0 aliphatic rings. The van der Waals surface area contributed by atoms with Crippen LogP contribution in [0.3, 0.4) is 0 Å². The lowest BCUT2D eigenvalue weighted by Gasteiger charge is -2.07. The van der Waals surface area contributed by atoms with Gasteiger partial charge >= 0.3 is 0 Å². The standard InChI is InChI=1S/C20H14ClFN4O3/c1-28-17-7-5-12(9-15(17)22)11-26-18(27)8-6-16(24-26)20-23-19(25-29-20)13-3-2-4-14(21)10-13/h2-10H,11H2,1H3. The summed E-state index contributed by atoms with van der Waals surface area (Å²) in [4.78, 5) is 16.5. The SMILES string of the molecule is COc1ccc(Cn2nc(-c3nc(-c4cccc(Cl)c4)no3)ccc2=O)cc1F. The van der Waals surface area contributed by atoms with Crippen LogP contribution in [0, 0.1) is 5.82 Å². The van der Waals surface area contributed by atoms with Crippen LogP contribution in [0.25, 0.3) is 23.0 Å². The van der Waals surface area contributed by atoms with E-state index in [1.165, 1.54) is 36.1 Å². The van der Waals surface area contributed by atoms with Gasteiger partial charge in [-0.15, -0.1) is 0 Å². The quantitative estimate of drug-likeness (QED) is 0.495. The van der Waals surface area contributed by atoms with Gasteiger partial charge in [0.25, 0.3) is 11.4 Å². The van der Waals surface area contributed by atoms with Crippen LogP contribution >= 0.6 is 11.6 Å². The van der Waals surface area contributed by atoms with Gasteiger partial charge in [0.2, 0.25) is 5.82 Å². The van der Waals surface area contributed by atoms with Crippen LogP contribution in [-0.4, -0.2) is 27.0 Å². The highest BCUT2D eigenvalue weighted by molar-refractivity contribution is 6.30. The van der Waals surface area contributed by atoms with Crippen molar-refractivity contribution in [3.63, 3.8) is 0 Å². The Hall–Kier alpha value is -3.52. The van der Waals surface area contributed by atoms with Gasteiger partial charge in [-0.25, -0.2) is 9.07 Å². The maximum absolute atomic E-state index is 13.9. The zero-order valence-corrected chi connectivity index (χ0v) is 15.9. The highest BCUT2D eigenvalue weighted by atomic mass is 35.5. The summed E-state index contributed by atoms with van der Waals surface area (Å²) >= 11 is 5.99. The minimum Gasteiger partial charge on any atom is -0.494 e. The lowest BCUT2D eigenvalue weighted by atomic mass is 10.2. The molecular weight excluding hydrogens is 399 g/mol. The zero-order chi connectivity index (χ0) is 20.4. The lowest BCUT2D eigenvalue weighted by Crippen LogP contribution is -2.23. The predicted octanol–water partition coefficient (Wildman–Crippen LogP) is 3.81. The van der Waals surface area contributed by atoms with Gasteiger partial charge < -0.3 is 9.26 Å². The minimum atomic E-state index is -0.516. The first-order chi connectivity index (χ1) is 14.0. The summed E-state index contributed by atoms with van der Waals surface area (Å²) in [6, 6.07) is 14.3. The van der Waals surface area contributed by atoms with Crippen molar-refractivity contribution in [3.05, 3.63) is 81.4 Å². The minimum absolute atomic E-state index is 0.0723. The van der Waals surface area contributed by atoms with Crippen molar-refractivity contribution in [2.24, 2.45) is 0 Å². The van der Waals surface area contributed by atoms with E-state index in [1.807, 2.05) is 0 Å². The fourth-order valence-electron chi connectivity index (χ4n) is 2.73. The van der Waals surface area contributed by atoms with Crippen molar-refractivity contribution in [2.75, 3.05) is 7.11 Å². The number of ether oxygens (including phenoxy) is 1. The first kappa shape index (κ1) is 18.8. The van der Waals surface area contributed by atoms with E-state index in [2.05, 4.69) is 15.2 Å². The molecule has 4 rings (SSSR count). The summed E-state index contributed by atoms with van der Waals surface area (Å²) in [5, 5.41) is 8.75. The molecule has 2 aromatic heterocycles. The van der Waals surface area contributed by atoms with E-state index >= 15 is 0 Å². The van der Waals surface area contributed by atoms with Crippen molar-refractivity contribution in [3.8, 4) is 28.7 Å². The van der Waals surface area contributed by atoms with Crippen LogP contribution in [0.2, 0.25) is 5.02 Å². The van der Waals surface area contributed by atoms with E-state index in [4.69, 9.17) is 20.9 Å². The van der Waals surface area contributed by atoms with Gasteiger partial charge in [0.1, 0.15) is 5.69 Å². The largest absolute Gasteiger partial charge is 0.494 e. The Morgan fingerprint density at radius 3 is 2.79 bits per heavy atom. The van der Waals surface area contributed by atoms with Crippen molar-refractivity contribution in [2.45, 2.75) is 6.54 Å². The van der Waals surface area contributed by atoms with Crippen LogP contribution in [0.1, 0.15) is 5.56 Å². The molecule has 0 saturated carbocycles. The molecule has 0 amide bonds. The molecule has 0 bridgehead atoms. The number of nitrogens with zero attached hydrogens (tertiary/aromatic N) is 4. The topological polar surface area (TPSA) is 83.0 Å². The molecule has 7 nitrogen and oxygen atoms in total. The lowest BCUT2D eigenvalue weighted by molar-refractivity contribution is 0.386. The van der Waals surface area contributed by atoms with Gasteiger partial charge in [-0.2, -0.15) is 10.1 Å². The predicted molar refractivity (Wildman–Crippen MR) is 104 cm³/mol. The van der Waals surface area contributed by atoms with Crippen LogP contribution in [-0.2, 0) is 6.54 Å². The van der Waals surface area contributed by atoms with Gasteiger partial charge in [0.05, 0.1) is 13.7 Å². The maximum Gasteiger partial charge on any atom is 0.278 e. The molecule has 0 atom stereocenters. The molecule has 0 radical (unpaired) electrons. The Bertz CT molecular complexity index is 1240. The van der Waals surface area contributed by atoms with Gasteiger partial charge in [0.15, 0.2) is 11.6 Å². The first-order valence-electron chi connectivity index (χ1n) is 8.54. The monoisotopic (exact) mass is 412 g/mol. The third-order valence-corrected chi connectivity index (χ3v) is 4.38. The van der Waals surface area contributed by atoms with Gasteiger partial charge in [-0.05, 0) is 35.9 Å². The van der Waals surface area contributed by atoms with Crippen molar-refractivity contribution in [1.82, 2.24) is 19.9 Å². The summed E-state index contributed by atoms with van der Waals surface area (Å²) < 4.78 is 25.3. The van der Waals surface area contributed by atoms with Crippen LogP contribution < -0.4 is 10.3 Å². The molecule has 0 N–H and O–H groups in total. The number of rotatable bonds is 5. The molecule has 0 aliphatic carbocycles. The fraction of sp³-hybridized carbons (Fsp3) is 0.100. The third-order valence-electron chi connectivity index (χ3n) is 4.14. The molecule has 0 saturated heterocycles. The van der Waals surface area contributed by atoms with E-state index in [0.717, 1.165) is 0 Å². The van der Waals surface area contributed by atoms with Crippen LogP contribution in [0.5, 0.6) is 5.75 Å². The number of hydrogen-bond acceptors (Lipinski definition) is 6. The Morgan fingerprint density at radius 2 is 2.03 bits per heavy atom. The Labute approximate surface area is 169 Å². The first-order valence-corrected chi connectivity index (χ1v) is 8.92. The molecule has 146 valence electrons. The average Bonchev–Trinajstić information content (AvgIpc) is 3.20. The number of aromatic nitrogens is 4. The molecule has 29 heavy (non-hydrogen) atoms. The highest BCUT2D eigenvalue weighted by Gasteiger charge is 2.14. The molecule has 0 spiro atoms. The third kappa shape index (κ3) is 4.02. The van der Waals surface area contributed by atoms with E-state index in [0.29, 0.717) is 27.7 Å². The molecule has 9 heteroatoms. The van der Waals surface area contributed by atoms with Crippen molar-refractivity contribution < 1.29 is 13.7 Å². The normalized spacial score (nSPS) is 10.9. The summed E-state index contributed by atoms with van der Waals surface area (Å²) in [7, 11) is 1.38. The van der Waals surface area contributed by atoms with E-state index in [-0.39, 0.29) is 23.7 Å². The fourth-order valence-corrected chi connectivity index (χ4v) is 2.92. The second-order valence-electron chi connectivity index (χ2n) is 6.12. The number of methoxy groups -OCH3 is 1. The second-order valence-corrected chi connectivity index (χ2v) is 6.55. The van der Waals surface area contributed by atoms with Crippen molar-refractivity contribution >= 4 is 11.6 Å². The molecular formula is C20H14ClFN4O3. The molecule has 0 fully saturated rings. The maximum atomic E-state index is 13.9. The zero-order valence-electron chi connectivity index (χ0n) is 15.2. The van der Waals surface area contributed by atoms with Crippen molar-refractivity contribution in [1.29, 1.82) is 0 Å². The average molecular weight is 413 g/mol. The summed E-state index contributed by atoms with van der Waals surface area (Å²) in [6.45, 7) is 0.0723. The van der Waals surface area contributed by atoms with Crippen LogP contribution in [0.4, 0.5) is 4.39 Å². The molecule has 2 heterocycles. The van der Waals surface area contributed by atoms with E-state index in [9.17, 15) is 9.18 Å². The Balaban J connectivity index is 1.64. The molecule has 0 aliphatic heterocycles. The van der Waals surface area contributed by atoms with Gasteiger partial charge in [-0.1, -0.05) is 35.0 Å². The van der Waals surface area contributed by atoms with Gasteiger partial charge in [-0.3, -0.25) is 4.79 Å². The van der Waals surface area contributed by atoms with E-state index < -0.39 is 5.82 Å². The molecule has 4 aromatic rings. The smallest absolute Gasteiger partial charge is 0.278 e. The highest BCUT2D eigenvalue weighted by Crippen LogP contribution is 2.23. The Kier molecular flexibility index (Phi) is 5.09. The Morgan fingerprint density at radius 1 is 1.17 bits per heavy atom. The number of benzene rings is 2. The van der Waals surface area contributed by atoms with E-state index in [1.54, 1.807) is 30.3 Å². The number of hydrogen-bond donors (Lipinski definition) is 0. The van der Waals surface area contributed by atoms with Gasteiger partial charge in [0, 0.05) is 16.7 Å². The molecule has 2 aromatic carbocycles. The summed E-state index contributed by atoms with van der Waals surface area (Å²) in [6.07, 6.45) is 0. The summed E-state index contributed by atoms with van der Waals surface area (Å²) in [5.41, 5.74) is 1.22. The molecule has 0 unspecified atom stereocenters. The summed E-state index contributed by atoms with van der Waals surface area (Å²) in [5.74, 6) is 0.105. The second kappa shape index (κ2) is 7.84. The number of halogens is 2.